The third-order valence-corrected chi connectivity index (χ3v) is 4.11. The first kappa shape index (κ1) is 17.9. The number of nitrogens with one attached hydrogen (secondary N) is 1. The SMILES string of the molecule is COCCc1noc(C2Cc3ccccc3N2C(=O)NCC(=O)OC)n1. The third kappa shape index (κ3) is 3.67. The minimum atomic E-state index is -0.526. The zero-order chi connectivity index (χ0) is 18.5. The maximum atomic E-state index is 12.7. The lowest BCUT2D eigenvalue weighted by Crippen LogP contribution is -2.43. The minimum Gasteiger partial charge on any atom is -0.468 e. The van der Waals surface area contributed by atoms with Gasteiger partial charge in [0.1, 0.15) is 12.6 Å². The predicted octanol–water partition coefficient (Wildman–Crippen LogP) is 1.24. The van der Waals surface area contributed by atoms with E-state index < -0.39 is 18.0 Å². The Bertz CT molecular complexity index is 791. The highest BCUT2D eigenvalue weighted by Gasteiger charge is 2.38. The molecule has 0 radical (unpaired) electrons. The molecule has 0 saturated carbocycles. The molecule has 9 heteroatoms. The average Bonchev–Trinajstić information content (AvgIpc) is 3.28. The molecule has 0 aliphatic carbocycles. The highest BCUT2D eigenvalue weighted by Crippen LogP contribution is 2.39. The Balaban J connectivity index is 1.83. The van der Waals surface area contributed by atoms with Gasteiger partial charge in [-0.2, -0.15) is 4.98 Å². The second-order valence-electron chi connectivity index (χ2n) is 5.75. The number of esters is 1. The minimum absolute atomic E-state index is 0.219. The van der Waals surface area contributed by atoms with Gasteiger partial charge in [-0.25, -0.2) is 4.79 Å². The number of amides is 2. The van der Waals surface area contributed by atoms with E-state index in [-0.39, 0.29) is 6.54 Å². The van der Waals surface area contributed by atoms with Crippen molar-refractivity contribution in [1.29, 1.82) is 0 Å². The summed E-state index contributed by atoms with van der Waals surface area (Å²) >= 11 is 0. The Morgan fingerprint density at radius 2 is 2.15 bits per heavy atom. The lowest BCUT2D eigenvalue weighted by Gasteiger charge is -2.23. The molecule has 0 bridgehead atoms. The first-order chi connectivity index (χ1) is 12.6. The molecule has 138 valence electrons. The van der Waals surface area contributed by atoms with Crippen molar-refractivity contribution in [3.05, 3.63) is 41.5 Å². The summed E-state index contributed by atoms with van der Waals surface area (Å²) < 4.78 is 14.9. The number of hydrogen-bond donors (Lipinski definition) is 1. The molecule has 3 rings (SSSR count). The zero-order valence-corrected chi connectivity index (χ0v) is 14.6. The van der Waals surface area contributed by atoms with Gasteiger partial charge < -0.3 is 19.3 Å². The number of ether oxygens (including phenoxy) is 2. The number of carbonyl (C=O) groups is 2. The standard InChI is InChI=1S/C17H20N4O5/c1-24-8-7-14-19-16(26-20-14)13-9-11-5-3-4-6-12(11)21(13)17(23)18-10-15(22)25-2/h3-6,13H,7-10H2,1-2H3,(H,18,23). The van der Waals surface area contributed by atoms with Crippen molar-refractivity contribution in [2.24, 2.45) is 0 Å². The highest BCUT2D eigenvalue weighted by molar-refractivity contribution is 5.96. The summed E-state index contributed by atoms with van der Waals surface area (Å²) in [5.41, 5.74) is 1.74. The third-order valence-electron chi connectivity index (χ3n) is 4.11. The number of benzene rings is 1. The number of hydrogen-bond acceptors (Lipinski definition) is 7. The number of fused-ring (bicyclic) bond motifs is 1. The number of aromatic nitrogens is 2. The molecule has 26 heavy (non-hydrogen) atoms. The van der Waals surface area contributed by atoms with E-state index in [1.165, 1.54) is 12.0 Å². The summed E-state index contributed by atoms with van der Waals surface area (Å²) in [6.45, 7) is 0.261. The zero-order valence-electron chi connectivity index (χ0n) is 14.6. The summed E-state index contributed by atoms with van der Waals surface area (Å²) in [5, 5.41) is 6.50. The fraction of sp³-hybridized carbons (Fsp3) is 0.412. The van der Waals surface area contributed by atoms with Gasteiger partial charge in [0.15, 0.2) is 5.82 Å². The summed E-state index contributed by atoms with van der Waals surface area (Å²) in [5.74, 6) is 0.343. The van der Waals surface area contributed by atoms with Crippen LogP contribution in [0.25, 0.3) is 0 Å². The van der Waals surface area contributed by atoms with Crippen molar-refractivity contribution < 1.29 is 23.6 Å². The molecule has 2 amide bonds. The van der Waals surface area contributed by atoms with Crippen molar-refractivity contribution in [2.45, 2.75) is 18.9 Å². The van der Waals surface area contributed by atoms with Gasteiger partial charge in [-0.15, -0.1) is 0 Å². The molecule has 1 unspecified atom stereocenters. The number of carbonyl (C=O) groups excluding carboxylic acids is 2. The lowest BCUT2D eigenvalue weighted by atomic mass is 10.1. The fourth-order valence-electron chi connectivity index (χ4n) is 2.84. The number of rotatable bonds is 6. The first-order valence-corrected chi connectivity index (χ1v) is 8.17. The quantitative estimate of drug-likeness (QED) is 0.773. The molecular weight excluding hydrogens is 340 g/mol. The van der Waals surface area contributed by atoms with Crippen LogP contribution in [0.15, 0.2) is 28.8 Å². The van der Waals surface area contributed by atoms with E-state index >= 15 is 0 Å². The Hall–Kier alpha value is -2.94. The van der Waals surface area contributed by atoms with Gasteiger partial charge in [0.05, 0.1) is 13.7 Å². The Morgan fingerprint density at radius 3 is 2.92 bits per heavy atom. The molecular formula is C17H20N4O5. The van der Waals surface area contributed by atoms with Crippen LogP contribution in [0.2, 0.25) is 0 Å². The van der Waals surface area contributed by atoms with Crippen LogP contribution < -0.4 is 10.2 Å². The van der Waals surface area contributed by atoms with E-state index in [1.807, 2.05) is 24.3 Å². The Labute approximate surface area is 150 Å². The second kappa shape index (κ2) is 7.96. The number of methoxy groups -OCH3 is 2. The molecule has 0 fully saturated rings. The van der Waals surface area contributed by atoms with Crippen LogP contribution in [-0.2, 0) is 27.1 Å². The smallest absolute Gasteiger partial charge is 0.325 e. The molecule has 1 aliphatic heterocycles. The van der Waals surface area contributed by atoms with Gasteiger partial charge in [-0.05, 0) is 11.6 Å². The maximum absolute atomic E-state index is 12.7. The monoisotopic (exact) mass is 360 g/mol. The molecule has 1 atom stereocenters. The van der Waals surface area contributed by atoms with Crippen molar-refractivity contribution in [3.8, 4) is 0 Å². The molecule has 0 saturated heterocycles. The van der Waals surface area contributed by atoms with Crippen molar-refractivity contribution in [1.82, 2.24) is 15.5 Å². The summed E-state index contributed by atoms with van der Waals surface area (Å²) in [6, 6.07) is 6.67. The molecule has 1 aromatic carbocycles. The lowest BCUT2D eigenvalue weighted by molar-refractivity contribution is -0.139. The summed E-state index contributed by atoms with van der Waals surface area (Å²) in [6.07, 6.45) is 1.07. The van der Waals surface area contributed by atoms with E-state index in [2.05, 4.69) is 20.2 Å². The Kier molecular flexibility index (Phi) is 5.47. The average molecular weight is 360 g/mol. The normalized spacial score (nSPS) is 15.6. The van der Waals surface area contributed by atoms with Crippen LogP contribution in [0, 0.1) is 0 Å². The van der Waals surface area contributed by atoms with Crippen molar-refractivity contribution >= 4 is 17.7 Å². The number of anilines is 1. The van der Waals surface area contributed by atoms with Crippen LogP contribution >= 0.6 is 0 Å². The van der Waals surface area contributed by atoms with Gasteiger partial charge in [-0.3, -0.25) is 9.69 Å². The number of para-hydroxylation sites is 1. The van der Waals surface area contributed by atoms with E-state index in [0.29, 0.717) is 31.2 Å². The summed E-state index contributed by atoms with van der Waals surface area (Å²) in [7, 11) is 2.87. The number of urea groups is 1. The first-order valence-electron chi connectivity index (χ1n) is 8.17. The largest absolute Gasteiger partial charge is 0.468 e. The Morgan fingerprint density at radius 1 is 1.35 bits per heavy atom. The van der Waals surface area contributed by atoms with E-state index in [1.54, 1.807) is 7.11 Å². The molecule has 1 aliphatic rings. The molecule has 9 nitrogen and oxygen atoms in total. The summed E-state index contributed by atoms with van der Waals surface area (Å²) in [4.78, 5) is 29.9. The second-order valence-corrected chi connectivity index (χ2v) is 5.75. The maximum Gasteiger partial charge on any atom is 0.325 e. The van der Waals surface area contributed by atoms with Gasteiger partial charge >= 0.3 is 12.0 Å². The molecule has 2 aromatic rings. The van der Waals surface area contributed by atoms with Crippen LogP contribution in [0.5, 0.6) is 0 Å². The van der Waals surface area contributed by atoms with Crippen LogP contribution in [0.1, 0.15) is 23.3 Å². The van der Waals surface area contributed by atoms with Crippen LogP contribution in [0.3, 0.4) is 0 Å². The van der Waals surface area contributed by atoms with Gasteiger partial charge in [-0.1, -0.05) is 23.4 Å². The van der Waals surface area contributed by atoms with Gasteiger partial charge in [0.25, 0.3) is 0 Å². The van der Waals surface area contributed by atoms with E-state index in [0.717, 1.165) is 11.3 Å². The molecule has 1 aromatic heterocycles. The fourth-order valence-corrected chi connectivity index (χ4v) is 2.84. The van der Waals surface area contributed by atoms with Gasteiger partial charge in [0, 0.05) is 25.6 Å². The van der Waals surface area contributed by atoms with Crippen LogP contribution in [0.4, 0.5) is 10.5 Å². The van der Waals surface area contributed by atoms with Gasteiger partial charge in [0.2, 0.25) is 5.89 Å². The van der Waals surface area contributed by atoms with E-state index in [9.17, 15) is 9.59 Å². The molecule has 1 N–H and O–H groups in total. The molecule has 2 heterocycles. The predicted molar refractivity (Wildman–Crippen MR) is 90.7 cm³/mol. The van der Waals surface area contributed by atoms with Crippen LogP contribution in [-0.4, -0.2) is 49.5 Å². The molecule has 0 spiro atoms. The highest BCUT2D eigenvalue weighted by atomic mass is 16.5. The number of nitrogens with zero attached hydrogens (tertiary/aromatic N) is 3. The van der Waals surface area contributed by atoms with Crippen molar-refractivity contribution in [3.63, 3.8) is 0 Å². The van der Waals surface area contributed by atoms with Crippen molar-refractivity contribution in [2.75, 3.05) is 32.3 Å². The topological polar surface area (TPSA) is 107 Å². The van der Waals surface area contributed by atoms with E-state index in [4.69, 9.17) is 9.26 Å².